The number of phenols is 1. The third kappa shape index (κ3) is 3.78. The van der Waals surface area contributed by atoms with Gasteiger partial charge >= 0.3 is 0 Å². The summed E-state index contributed by atoms with van der Waals surface area (Å²) in [6, 6.07) is 15.3. The van der Waals surface area contributed by atoms with Crippen molar-refractivity contribution in [1.82, 2.24) is 0 Å². The first-order valence-electron chi connectivity index (χ1n) is 9.80. The average Bonchev–Trinajstić information content (AvgIpc) is 2.81. The highest BCUT2D eigenvalue weighted by molar-refractivity contribution is 6.15. The van der Waals surface area contributed by atoms with E-state index in [1.54, 1.807) is 42.5 Å². The molecule has 32 heavy (non-hydrogen) atoms. The Balaban J connectivity index is 1.79. The number of ether oxygens (including phenoxy) is 3. The molecule has 1 heterocycles. The van der Waals surface area contributed by atoms with Crippen LogP contribution in [0.25, 0.3) is 11.1 Å². The molecule has 3 aromatic carbocycles. The molecule has 0 radical (unpaired) electrons. The number of carbonyl (C=O) groups is 2. The van der Waals surface area contributed by atoms with Crippen molar-refractivity contribution in [2.24, 2.45) is 0 Å². The zero-order valence-corrected chi connectivity index (χ0v) is 17.8. The largest absolute Gasteiger partial charge is 0.508 e. The van der Waals surface area contributed by atoms with Crippen LogP contribution in [0.3, 0.4) is 0 Å². The lowest BCUT2D eigenvalue weighted by Gasteiger charge is -2.30. The highest BCUT2D eigenvalue weighted by Crippen LogP contribution is 2.40. The maximum absolute atomic E-state index is 13.5. The quantitative estimate of drug-likeness (QED) is 0.636. The highest BCUT2D eigenvalue weighted by atomic mass is 16.5. The van der Waals surface area contributed by atoms with Gasteiger partial charge in [0.05, 0.1) is 32.7 Å². The Hall–Kier alpha value is -4.20. The number of hydrogen-bond donors (Lipinski definition) is 2. The van der Waals surface area contributed by atoms with Crippen LogP contribution in [0.15, 0.2) is 54.6 Å². The van der Waals surface area contributed by atoms with Crippen LogP contribution in [0.1, 0.15) is 10.4 Å². The Kier molecular flexibility index (Phi) is 5.59. The summed E-state index contributed by atoms with van der Waals surface area (Å²) in [5.41, 5.74) is 2.92. The predicted octanol–water partition coefficient (Wildman–Crippen LogP) is 3.68. The SMILES string of the molecule is COc1cc(C(=O)N2CC(=O)Nc3ccc(-c4cccc(O)c4)cc32)cc(OC)c1OC. The third-order valence-corrected chi connectivity index (χ3v) is 5.20. The second-order valence-electron chi connectivity index (χ2n) is 7.14. The number of benzene rings is 3. The zero-order valence-electron chi connectivity index (χ0n) is 17.8. The minimum Gasteiger partial charge on any atom is -0.508 e. The smallest absolute Gasteiger partial charge is 0.259 e. The topological polar surface area (TPSA) is 97.3 Å². The lowest BCUT2D eigenvalue weighted by Crippen LogP contribution is -2.42. The normalized spacial score (nSPS) is 12.6. The van der Waals surface area contributed by atoms with E-state index in [1.165, 1.54) is 26.2 Å². The number of methoxy groups -OCH3 is 3. The molecule has 8 heteroatoms. The molecule has 2 N–H and O–H groups in total. The molecule has 0 saturated heterocycles. The molecule has 0 fully saturated rings. The molecule has 4 rings (SSSR count). The second-order valence-corrected chi connectivity index (χ2v) is 7.14. The van der Waals surface area contributed by atoms with Crippen LogP contribution >= 0.6 is 0 Å². The van der Waals surface area contributed by atoms with Crippen LogP contribution in [0, 0.1) is 0 Å². The molecule has 0 unspecified atom stereocenters. The predicted molar refractivity (Wildman–Crippen MR) is 120 cm³/mol. The van der Waals surface area contributed by atoms with E-state index in [0.717, 1.165) is 11.1 Å². The van der Waals surface area contributed by atoms with Gasteiger partial charge in [0.25, 0.3) is 5.91 Å². The Morgan fingerprint density at radius 3 is 2.25 bits per heavy atom. The van der Waals surface area contributed by atoms with Gasteiger partial charge in [-0.15, -0.1) is 0 Å². The number of hydrogen-bond acceptors (Lipinski definition) is 6. The third-order valence-electron chi connectivity index (χ3n) is 5.20. The van der Waals surface area contributed by atoms with Crippen molar-refractivity contribution in [2.45, 2.75) is 0 Å². The minimum atomic E-state index is -0.395. The molecule has 0 saturated carbocycles. The van der Waals surface area contributed by atoms with Gasteiger partial charge in [0.15, 0.2) is 11.5 Å². The first-order valence-corrected chi connectivity index (χ1v) is 9.80. The number of nitrogens with zero attached hydrogens (tertiary/aromatic N) is 1. The molecule has 0 aromatic heterocycles. The lowest BCUT2D eigenvalue weighted by molar-refractivity contribution is -0.115. The van der Waals surface area contributed by atoms with E-state index in [2.05, 4.69) is 5.32 Å². The van der Waals surface area contributed by atoms with E-state index in [1.807, 2.05) is 12.1 Å². The Morgan fingerprint density at radius 2 is 1.62 bits per heavy atom. The molecular formula is C24H22N2O6. The van der Waals surface area contributed by atoms with Crippen molar-refractivity contribution < 1.29 is 28.9 Å². The van der Waals surface area contributed by atoms with Crippen molar-refractivity contribution in [3.63, 3.8) is 0 Å². The fourth-order valence-electron chi connectivity index (χ4n) is 3.69. The van der Waals surface area contributed by atoms with E-state index in [9.17, 15) is 14.7 Å². The van der Waals surface area contributed by atoms with Gasteiger partial charge in [0.2, 0.25) is 11.7 Å². The molecule has 0 spiro atoms. The number of fused-ring (bicyclic) bond motifs is 1. The van der Waals surface area contributed by atoms with E-state index >= 15 is 0 Å². The zero-order chi connectivity index (χ0) is 22.8. The number of anilines is 2. The molecule has 0 aliphatic carbocycles. The van der Waals surface area contributed by atoms with E-state index < -0.39 is 5.91 Å². The van der Waals surface area contributed by atoms with Gasteiger partial charge in [-0.3, -0.25) is 14.5 Å². The highest BCUT2D eigenvalue weighted by Gasteiger charge is 2.29. The van der Waals surface area contributed by atoms with Gasteiger partial charge in [0.1, 0.15) is 12.3 Å². The molecule has 2 amide bonds. The maximum Gasteiger partial charge on any atom is 0.259 e. The summed E-state index contributed by atoms with van der Waals surface area (Å²) < 4.78 is 16.0. The van der Waals surface area contributed by atoms with Crippen molar-refractivity contribution in [1.29, 1.82) is 0 Å². The summed E-state index contributed by atoms with van der Waals surface area (Å²) in [5.74, 6) is 0.487. The van der Waals surface area contributed by atoms with Gasteiger partial charge in [-0.25, -0.2) is 0 Å². The Bertz CT molecular complexity index is 1180. The fraction of sp³-hybridized carbons (Fsp3) is 0.167. The Morgan fingerprint density at radius 1 is 0.938 bits per heavy atom. The summed E-state index contributed by atoms with van der Waals surface area (Å²) in [6.07, 6.45) is 0. The number of aromatic hydroxyl groups is 1. The first kappa shape index (κ1) is 21.0. The van der Waals surface area contributed by atoms with Crippen molar-refractivity contribution >= 4 is 23.2 Å². The van der Waals surface area contributed by atoms with Crippen LogP contribution in [0.2, 0.25) is 0 Å². The Labute approximate surface area is 184 Å². The summed E-state index contributed by atoms with van der Waals surface area (Å²) in [5, 5.41) is 12.6. The summed E-state index contributed by atoms with van der Waals surface area (Å²) >= 11 is 0. The molecule has 3 aromatic rings. The molecule has 0 atom stereocenters. The monoisotopic (exact) mass is 434 g/mol. The van der Waals surface area contributed by atoms with Crippen LogP contribution in [-0.4, -0.2) is 44.8 Å². The number of carbonyl (C=O) groups excluding carboxylic acids is 2. The second kappa shape index (κ2) is 8.50. The molecule has 0 bridgehead atoms. The standard InChI is InChI=1S/C24H22N2O6/c1-30-20-11-16(12-21(31-2)23(20)32-3)24(29)26-13-22(28)25-18-8-7-15(10-19(18)26)14-5-4-6-17(27)9-14/h4-12,27H,13H2,1-3H3,(H,25,28). The summed E-state index contributed by atoms with van der Waals surface area (Å²) in [7, 11) is 4.42. The first-order chi connectivity index (χ1) is 15.4. The van der Waals surface area contributed by atoms with E-state index in [0.29, 0.717) is 28.6 Å². The fourth-order valence-corrected chi connectivity index (χ4v) is 3.69. The van der Waals surface area contributed by atoms with Crippen LogP contribution in [-0.2, 0) is 4.79 Å². The summed E-state index contributed by atoms with van der Waals surface area (Å²) in [4.78, 5) is 27.2. The van der Waals surface area contributed by atoms with Crippen LogP contribution in [0.5, 0.6) is 23.0 Å². The maximum atomic E-state index is 13.5. The number of phenolic OH excluding ortho intramolecular Hbond substituents is 1. The lowest BCUT2D eigenvalue weighted by atomic mass is 10.0. The molecule has 1 aliphatic rings. The van der Waals surface area contributed by atoms with Gasteiger partial charge < -0.3 is 24.6 Å². The van der Waals surface area contributed by atoms with Gasteiger partial charge in [0, 0.05) is 5.56 Å². The van der Waals surface area contributed by atoms with Gasteiger partial charge in [-0.1, -0.05) is 18.2 Å². The minimum absolute atomic E-state index is 0.138. The van der Waals surface area contributed by atoms with E-state index in [4.69, 9.17) is 14.2 Å². The van der Waals surface area contributed by atoms with E-state index in [-0.39, 0.29) is 23.8 Å². The van der Waals surface area contributed by atoms with Crippen molar-refractivity contribution in [3.8, 4) is 34.1 Å². The summed E-state index contributed by atoms with van der Waals surface area (Å²) in [6.45, 7) is -0.147. The van der Waals surface area contributed by atoms with Crippen LogP contribution < -0.4 is 24.4 Å². The number of rotatable bonds is 5. The average molecular weight is 434 g/mol. The molecule has 1 aliphatic heterocycles. The number of nitrogens with one attached hydrogen (secondary N) is 1. The molecule has 164 valence electrons. The number of amides is 2. The van der Waals surface area contributed by atoms with Crippen LogP contribution in [0.4, 0.5) is 11.4 Å². The molecular weight excluding hydrogens is 412 g/mol. The van der Waals surface area contributed by atoms with Gasteiger partial charge in [-0.05, 0) is 47.5 Å². The van der Waals surface area contributed by atoms with Crippen molar-refractivity contribution in [3.05, 3.63) is 60.2 Å². The van der Waals surface area contributed by atoms with Crippen molar-refractivity contribution in [2.75, 3.05) is 38.1 Å². The molecule has 8 nitrogen and oxygen atoms in total. The van der Waals surface area contributed by atoms with Gasteiger partial charge in [-0.2, -0.15) is 0 Å².